The molecule has 154 valence electrons. The van der Waals surface area contributed by atoms with Crippen molar-refractivity contribution in [2.75, 3.05) is 6.79 Å². The third-order valence-electron chi connectivity index (χ3n) is 5.04. The van der Waals surface area contributed by atoms with E-state index >= 15 is 0 Å². The van der Waals surface area contributed by atoms with Gasteiger partial charge in [-0.25, -0.2) is 4.79 Å². The lowest BCUT2D eigenvalue weighted by atomic mass is 10.1. The van der Waals surface area contributed by atoms with E-state index in [1.807, 2.05) is 24.3 Å². The van der Waals surface area contributed by atoms with Gasteiger partial charge in [-0.2, -0.15) is 0 Å². The van der Waals surface area contributed by atoms with Gasteiger partial charge in [-0.3, -0.25) is 4.79 Å². The molecule has 0 spiro atoms. The summed E-state index contributed by atoms with van der Waals surface area (Å²) < 4.78 is 22.9. The Labute approximate surface area is 186 Å². The van der Waals surface area contributed by atoms with Crippen molar-refractivity contribution in [1.29, 1.82) is 0 Å². The molecule has 5 rings (SSSR count). The number of hydrogen-bond acceptors (Lipinski definition) is 6. The molecule has 0 fully saturated rings. The van der Waals surface area contributed by atoms with Crippen LogP contribution in [0.4, 0.5) is 0 Å². The maximum Gasteiger partial charge on any atom is 0.343 e. The summed E-state index contributed by atoms with van der Waals surface area (Å²) in [6.45, 7) is 1.87. The zero-order chi connectivity index (χ0) is 21.5. The highest BCUT2D eigenvalue weighted by Gasteiger charge is 2.31. The molecule has 0 saturated carbocycles. The Morgan fingerprint density at radius 1 is 1.06 bits per heavy atom. The Morgan fingerprint density at radius 2 is 1.87 bits per heavy atom. The van der Waals surface area contributed by atoms with E-state index in [1.54, 1.807) is 43.3 Å². The number of Topliss-reactive ketones (excluding diaryl/α,β-unsaturated/α-hetero) is 1. The Balaban J connectivity index is 1.41. The number of carbonyl (C=O) groups excluding carboxylic acids is 2. The maximum absolute atomic E-state index is 12.8. The van der Waals surface area contributed by atoms with Crippen LogP contribution in [0.15, 0.2) is 64.8 Å². The van der Waals surface area contributed by atoms with Crippen LogP contribution in [0.2, 0.25) is 0 Å². The van der Waals surface area contributed by atoms with E-state index in [0.29, 0.717) is 39.7 Å². The number of hydrogen-bond donors (Lipinski definition) is 0. The lowest BCUT2D eigenvalue weighted by Gasteiger charge is -2.10. The minimum Gasteiger partial charge on any atom is -0.454 e. The van der Waals surface area contributed by atoms with Crippen LogP contribution in [0, 0.1) is 6.92 Å². The molecule has 2 aliphatic heterocycles. The van der Waals surface area contributed by atoms with Crippen molar-refractivity contribution in [2.24, 2.45) is 0 Å². The summed E-state index contributed by atoms with van der Waals surface area (Å²) in [6, 6.07) is 15.6. The highest BCUT2D eigenvalue weighted by Crippen LogP contribution is 2.40. The molecular formula is C24H15BrO6. The molecule has 2 aliphatic rings. The SMILES string of the molecule is Cc1c(OC(=O)c2ccc3c(c2)OCO3)ccc2c1O/C(=C\c1ccccc1Br)C2=O. The van der Waals surface area contributed by atoms with Gasteiger partial charge in [0.15, 0.2) is 17.3 Å². The summed E-state index contributed by atoms with van der Waals surface area (Å²) in [4.78, 5) is 25.4. The Hall–Kier alpha value is -3.58. The van der Waals surface area contributed by atoms with Crippen LogP contribution in [0.5, 0.6) is 23.0 Å². The molecule has 0 unspecified atom stereocenters. The van der Waals surface area contributed by atoms with Crippen molar-refractivity contribution in [2.45, 2.75) is 6.92 Å². The van der Waals surface area contributed by atoms with Gasteiger partial charge >= 0.3 is 5.97 Å². The predicted octanol–water partition coefficient (Wildman–Crippen LogP) is 5.32. The number of benzene rings is 3. The fourth-order valence-corrected chi connectivity index (χ4v) is 3.79. The highest BCUT2D eigenvalue weighted by molar-refractivity contribution is 9.10. The number of ketones is 1. The topological polar surface area (TPSA) is 71.1 Å². The number of carbonyl (C=O) groups is 2. The molecule has 3 aromatic rings. The number of ether oxygens (including phenoxy) is 4. The van der Waals surface area contributed by atoms with Gasteiger partial charge in [-0.1, -0.05) is 34.1 Å². The van der Waals surface area contributed by atoms with Crippen LogP contribution >= 0.6 is 15.9 Å². The largest absolute Gasteiger partial charge is 0.454 e. The average Bonchev–Trinajstić information content (AvgIpc) is 3.36. The summed E-state index contributed by atoms with van der Waals surface area (Å²) in [5, 5.41) is 0. The number of fused-ring (bicyclic) bond motifs is 2. The van der Waals surface area contributed by atoms with Gasteiger partial charge in [0.25, 0.3) is 0 Å². The van der Waals surface area contributed by atoms with E-state index in [0.717, 1.165) is 10.0 Å². The van der Waals surface area contributed by atoms with Crippen molar-refractivity contribution in [3.8, 4) is 23.0 Å². The Kier molecular flexibility index (Phi) is 4.75. The van der Waals surface area contributed by atoms with Crippen LogP contribution in [-0.4, -0.2) is 18.5 Å². The van der Waals surface area contributed by atoms with Gasteiger partial charge in [0, 0.05) is 10.0 Å². The van der Waals surface area contributed by atoms with Gasteiger partial charge in [0.1, 0.15) is 11.5 Å². The minimum absolute atomic E-state index is 0.124. The van der Waals surface area contributed by atoms with Crippen LogP contribution in [0.3, 0.4) is 0 Å². The van der Waals surface area contributed by atoms with E-state index in [9.17, 15) is 9.59 Å². The summed E-state index contributed by atoms with van der Waals surface area (Å²) >= 11 is 3.47. The Bertz CT molecular complexity index is 1280. The summed E-state index contributed by atoms with van der Waals surface area (Å²) in [5.41, 5.74) is 2.15. The molecule has 0 amide bonds. The standard InChI is InChI=1S/C24H15BrO6/c1-13-18(31-24(27)15-6-8-19-20(11-15)29-12-28-19)9-7-16-22(26)21(30-23(13)16)10-14-4-2-3-5-17(14)25/h2-11H,12H2,1H3/b21-10-. The van der Waals surface area contributed by atoms with Gasteiger partial charge in [-0.05, 0) is 55.0 Å². The zero-order valence-corrected chi connectivity index (χ0v) is 17.9. The minimum atomic E-state index is -0.547. The van der Waals surface area contributed by atoms with Crippen LogP contribution in [0.25, 0.3) is 6.08 Å². The third kappa shape index (κ3) is 3.47. The summed E-state index contributed by atoms with van der Waals surface area (Å²) in [5.74, 6) is 1.23. The van der Waals surface area contributed by atoms with Crippen molar-refractivity contribution in [1.82, 2.24) is 0 Å². The first-order chi connectivity index (χ1) is 15.0. The van der Waals surface area contributed by atoms with Crippen molar-refractivity contribution < 1.29 is 28.5 Å². The second-order valence-electron chi connectivity index (χ2n) is 6.98. The van der Waals surface area contributed by atoms with E-state index in [-0.39, 0.29) is 18.3 Å². The molecule has 6 nitrogen and oxygen atoms in total. The molecule has 31 heavy (non-hydrogen) atoms. The molecule has 0 N–H and O–H groups in total. The first-order valence-corrected chi connectivity index (χ1v) is 10.2. The first-order valence-electron chi connectivity index (χ1n) is 9.45. The molecule has 0 saturated heterocycles. The Morgan fingerprint density at radius 3 is 2.71 bits per heavy atom. The van der Waals surface area contributed by atoms with Gasteiger partial charge in [-0.15, -0.1) is 0 Å². The number of rotatable bonds is 3. The van der Waals surface area contributed by atoms with E-state index < -0.39 is 5.97 Å². The maximum atomic E-state index is 12.8. The smallest absolute Gasteiger partial charge is 0.343 e. The van der Waals surface area contributed by atoms with E-state index in [4.69, 9.17) is 18.9 Å². The summed E-state index contributed by atoms with van der Waals surface area (Å²) in [7, 11) is 0. The van der Waals surface area contributed by atoms with Gasteiger partial charge < -0.3 is 18.9 Å². The number of allylic oxidation sites excluding steroid dienone is 1. The molecule has 0 radical (unpaired) electrons. The second-order valence-corrected chi connectivity index (χ2v) is 7.84. The molecule has 3 aromatic carbocycles. The molecular weight excluding hydrogens is 464 g/mol. The summed E-state index contributed by atoms with van der Waals surface area (Å²) in [6.07, 6.45) is 1.68. The third-order valence-corrected chi connectivity index (χ3v) is 5.76. The average molecular weight is 479 g/mol. The number of halogens is 1. The zero-order valence-electron chi connectivity index (χ0n) is 16.3. The molecule has 0 bridgehead atoms. The lowest BCUT2D eigenvalue weighted by molar-refractivity contribution is 0.0732. The van der Waals surface area contributed by atoms with Crippen LogP contribution in [0.1, 0.15) is 31.8 Å². The monoisotopic (exact) mass is 478 g/mol. The lowest BCUT2D eigenvalue weighted by Crippen LogP contribution is -2.09. The van der Waals surface area contributed by atoms with Gasteiger partial charge in [0.2, 0.25) is 12.6 Å². The molecule has 2 heterocycles. The highest BCUT2D eigenvalue weighted by atomic mass is 79.9. The normalized spacial score (nSPS) is 15.0. The van der Waals surface area contributed by atoms with E-state index in [1.165, 1.54) is 0 Å². The predicted molar refractivity (Wildman–Crippen MR) is 116 cm³/mol. The van der Waals surface area contributed by atoms with E-state index in [2.05, 4.69) is 15.9 Å². The molecule has 0 aliphatic carbocycles. The fraction of sp³-hybridized carbons (Fsp3) is 0.0833. The molecule has 7 heteroatoms. The van der Waals surface area contributed by atoms with Gasteiger partial charge in [0.05, 0.1) is 11.1 Å². The van der Waals surface area contributed by atoms with Crippen molar-refractivity contribution >= 4 is 33.8 Å². The first kappa shape index (κ1) is 19.4. The second kappa shape index (κ2) is 7.59. The number of esters is 1. The molecule has 0 atom stereocenters. The fourth-order valence-electron chi connectivity index (χ4n) is 3.39. The van der Waals surface area contributed by atoms with Crippen molar-refractivity contribution in [3.63, 3.8) is 0 Å². The molecule has 0 aromatic heterocycles. The van der Waals surface area contributed by atoms with Crippen LogP contribution < -0.4 is 18.9 Å². The quantitative estimate of drug-likeness (QED) is 0.288. The van der Waals surface area contributed by atoms with Crippen LogP contribution in [-0.2, 0) is 0 Å². The van der Waals surface area contributed by atoms with Crippen molar-refractivity contribution in [3.05, 3.63) is 87.1 Å².